The third-order valence-corrected chi connectivity index (χ3v) is 4.70. The van der Waals surface area contributed by atoms with Crippen LogP contribution in [0.5, 0.6) is 5.75 Å². The normalized spacial score (nSPS) is 11.2. The summed E-state index contributed by atoms with van der Waals surface area (Å²) in [5, 5.41) is 13.0. The largest absolute Gasteiger partial charge is 0.508 e. The molecule has 0 saturated heterocycles. The van der Waals surface area contributed by atoms with Gasteiger partial charge in [-0.3, -0.25) is 10.1 Å². The number of aromatic nitrogens is 2. The second-order valence-electron chi connectivity index (χ2n) is 6.60. The maximum atomic E-state index is 12.9. The van der Waals surface area contributed by atoms with Gasteiger partial charge in [0.2, 0.25) is 5.95 Å². The average molecular weight is 377 g/mol. The van der Waals surface area contributed by atoms with Gasteiger partial charge in [0.05, 0.1) is 11.0 Å². The molecule has 2 aromatic heterocycles. The van der Waals surface area contributed by atoms with Crippen molar-refractivity contribution in [3.63, 3.8) is 0 Å². The monoisotopic (exact) mass is 377 g/mol. The molecule has 28 heavy (non-hydrogen) atoms. The Balaban J connectivity index is 1.80. The van der Waals surface area contributed by atoms with Crippen molar-refractivity contribution in [3.05, 3.63) is 64.0 Å². The number of nitrogens with zero attached hydrogens (tertiary/aromatic N) is 2. The molecule has 0 aliphatic heterocycles. The predicted octanol–water partition coefficient (Wildman–Crippen LogP) is 3.82. The number of para-hydroxylation sites is 2. The van der Waals surface area contributed by atoms with Gasteiger partial charge in [-0.2, -0.15) is 0 Å². The number of rotatable bonds is 4. The summed E-state index contributed by atoms with van der Waals surface area (Å²) in [6.45, 7) is 4.37. The van der Waals surface area contributed by atoms with Gasteiger partial charge in [0.1, 0.15) is 16.9 Å². The molecule has 0 saturated carbocycles. The molecular weight excluding hydrogens is 358 g/mol. The second-order valence-corrected chi connectivity index (χ2v) is 6.60. The number of phenolic OH excluding ortho intramolecular Hbond substituents is 1. The number of aryl methyl sites for hydroxylation is 2. The second kappa shape index (κ2) is 6.84. The first-order chi connectivity index (χ1) is 13.5. The Morgan fingerprint density at radius 2 is 2.04 bits per heavy atom. The molecule has 0 aliphatic carbocycles. The molecule has 0 aliphatic rings. The molecule has 2 aromatic carbocycles. The van der Waals surface area contributed by atoms with Crippen molar-refractivity contribution in [2.75, 3.05) is 5.32 Å². The quantitative estimate of drug-likeness (QED) is 0.527. The van der Waals surface area contributed by atoms with E-state index in [0.717, 1.165) is 17.5 Å². The first-order valence-corrected chi connectivity index (χ1v) is 9.02. The lowest BCUT2D eigenvalue weighted by Gasteiger charge is -2.10. The van der Waals surface area contributed by atoms with Crippen LogP contribution in [0.25, 0.3) is 22.0 Å². The molecule has 7 nitrogen and oxygen atoms in total. The molecule has 7 heteroatoms. The van der Waals surface area contributed by atoms with E-state index in [1.807, 2.05) is 35.8 Å². The van der Waals surface area contributed by atoms with Crippen molar-refractivity contribution < 1.29 is 14.3 Å². The highest BCUT2D eigenvalue weighted by Crippen LogP contribution is 2.25. The SMILES string of the molecule is CCCn1c(NC(=O)c2c(C)c3cc(O)ccc3oc2=O)nc2ccccc21. The molecule has 4 rings (SSSR count). The zero-order valence-electron chi connectivity index (χ0n) is 15.5. The van der Waals surface area contributed by atoms with Crippen LogP contribution in [0.3, 0.4) is 0 Å². The first kappa shape index (κ1) is 17.8. The van der Waals surface area contributed by atoms with Crippen molar-refractivity contribution in [1.29, 1.82) is 0 Å². The number of hydrogen-bond donors (Lipinski definition) is 2. The van der Waals surface area contributed by atoms with Crippen molar-refractivity contribution in [2.24, 2.45) is 0 Å². The number of hydrogen-bond acceptors (Lipinski definition) is 5. The van der Waals surface area contributed by atoms with Crippen LogP contribution in [0.15, 0.2) is 51.7 Å². The van der Waals surface area contributed by atoms with E-state index in [2.05, 4.69) is 10.3 Å². The summed E-state index contributed by atoms with van der Waals surface area (Å²) in [5.41, 5.74) is 1.60. The fraction of sp³-hybridized carbons (Fsp3) is 0.190. The molecule has 142 valence electrons. The number of anilines is 1. The van der Waals surface area contributed by atoms with Crippen LogP contribution in [0.1, 0.15) is 29.3 Å². The van der Waals surface area contributed by atoms with Crippen LogP contribution < -0.4 is 10.9 Å². The maximum Gasteiger partial charge on any atom is 0.349 e. The van der Waals surface area contributed by atoms with Gasteiger partial charge in [-0.15, -0.1) is 0 Å². The number of phenols is 1. The fourth-order valence-electron chi connectivity index (χ4n) is 3.39. The third-order valence-electron chi connectivity index (χ3n) is 4.70. The van der Waals surface area contributed by atoms with Crippen LogP contribution in [-0.2, 0) is 6.54 Å². The molecule has 0 radical (unpaired) electrons. The molecule has 0 spiro atoms. The van der Waals surface area contributed by atoms with E-state index >= 15 is 0 Å². The average Bonchev–Trinajstić information content (AvgIpc) is 3.00. The Hall–Kier alpha value is -3.61. The van der Waals surface area contributed by atoms with E-state index < -0.39 is 11.5 Å². The molecule has 1 amide bonds. The zero-order valence-corrected chi connectivity index (χ0v) is 15.5. The van der Waals surface area contributed by atoms with Gasteiger partial charge in [0, 0.05) is 11.9 Å². The van der Waals surface area contributed by atoms with Crippen molar-refractivity contribution in [1.82, 2.24) is 9.55 Å². The van der Waals surface area contributed by atoms with E-state index in [9.17, 15) is 14.7 Å². The summed E-state index contributed by atoms with van der Waals surface area (Å²) in [6.07, 6.45) is 0.861. The number of benzene rings is 2. The Morgan fingerprint density at radius 3 is 2.82 bits per heavy atom. The highest BCUT2D eigenvalue weighted by atomic mass is 16.4. The third kappa shape index (κ3) is 2.90. The number of imidazole rings is 1. The lowest BCUT2D eigenvalue weighted by molar-refractivity contribution is 0.102. The Morgan fingerprint density at radius 1 is 1.25 bits per heavy atom. The van der Waals surface area contributed by atoms with Gasteiger partial charge < -0.3 is 14.1 Å². The van der Waals surface area contributed by atoms with E-state index in [1.165, 1.54) is 18.2 Å². The van der Waals surface area contributed by atoms with Crippen LogP contribution in [0.4, 0.5) is 5.95 Å². The minimum atomic E-state index is -0.730. The molecule has 0 atom stereocenters. The van der Waals surface area contributed by atoms with Gasteiger partial charge in [0.25, 0.3) is 5.91 Å². The lowest BCUT2D eigenvalue weighted by atomic mass is 10.1. The van der Waals surface area contributed by atoms with Gasteiger partial charge in [-0.1, -0.05) is 19.1 Å². The number of carbonyl (C=O) groups excluding carboxylic acids is 1. The van der Waals surface area contributed by atoms with Crippen LogP contribution in [-0.4, -0.2) is 20.6 Å². The van der Waals surface area contributed by atoms with Gasteiger partial charge >= 0.3 is 5.63 Å². The molecule has 0 unspecified atom stereocenters. The van der Waals surface area contributed by atoms with Crippen LogP contribution in [0.2, 0.25) is 0 Å². The highest BCUT2D eigenvalue weighted by Gasteiger charge is 2.21. The molecule has 0 fully saturated rings. The number of carbonyl (C=O) groups is 1. The summed E-state index contributed by atoms with van der Waals surface area (Å²) in [5.74, 6) is -0.187. The van der Waals surface area contributed by atoms with Gasteiger partial charge in [-0.05, 0) is 49.2 Å². The summed E-state index contributed by atoms with van der Waals surface area (Å²) >= 11 is 0. The van der Waals surface area contributed by atoms with E-state index in [-0.39, 0.29) is 11.3 Å². The lowest BCUT2D eigenvalue weighted by Crippen LogP contribution is -2.24. The van der Waals surface area contributed by atoms with Gasteiger partial charge in [-0.25, -0.2) is 9.78 Å². The zero-order chi connectivity index (χ0) is 19.8. The Kier molecular flexibility index (Phi) is 4.35. The van der Waals surface area contributed by atoms with E-state index in [1.54, 1.807) is 6.92 Å². The molecule has 2 N–H and O–H groups in total. The summed E-state index contributed by atoms with van der Waals surface area (Å²) in [7, 11) is 0. The Bertz CT molecular complexity index is 1270. The summed E-state index contributed by atoms with van der Waals surface area (Å²) in [4.78, 5) is 29.9. The number of aromatic hydroxyl groups is 1. The van der Waals surface area contributed by atoms with Gasteiger partial charge in [0.15, 0.2) is 0 Å². The predicted molar refractivity (Wildman–Crippen MR) is 107 cm³/mol. The van der Waals surface area contributed by atoms with Crippen LogP contribution in [0, 0.1) is 6.92 Å². The minimum absolute atomic E-state index is 0.0283. The van der Waals surface area contributed by atoms with Crippen molar-refractivity contribution in [2.45, 2.75) is 26.8 Å². The standard InChI is InChI=1S/C21H19N3O4/c1-3-10-24-16-7-5-4-6-15(16)22-21(24)23-19(26)18-12(2)14-11-13(25)8-9-17(14)28-20(18)27/h4-9,11,25H,3,10H2,1-2H3,(H,22,23,26). The summed E-state index contributed by atoms with van der Waals surface area (Å²) < 4.78 is 7.18. The topological polar surface area (TPSA) is 97.4 Å². The highest BCUT2D eigenvalue weighted by molar-refractivity contribution is 6.07. The van der Waals surface area contributed by atoms with Crippen LogP contribution >= 0.6 is 0 Å². The van der Waals surface area contributed by atoms with E-state index in [4.69, 9.17) is 4.42 Å². The fourth-order valence-corrected chi connectivity index (χ4v) is 3.39. The first-order valence-electron chi connectivity index (χ1n) is 9.02. The van der Waals surface area contributed by atoms with E-state index in [0.29, 0.717) is 29.0 Å². The molecule has 2 heterocycles. The number of amides is 1. The number of fused-ring (bicyclic) bond motifs is 2. The Labute approximate surface area is 160 Å². The van der Waals surface area contributed by atoms with Crippen molar-refractivity contribution in [3.8, 4) is 5.75 Å². The summed E-state index contributed by atoms with van der Waals surface area (Å²) in [6, 6.07) is 12.0. The van der Waals surface area contributed by atoms with Crippen molar-refractivity contribution >= 4 is 33.9 Å². The molecule has 4 aromatic rings. The minimum Gasteiger partial charge on any atom is -0.508 e. The number of nitrogens with one attached hydrogen (secondary N) is 1. The smallest absolute Gasteiger partial charge is 0.349 e. The molecular formula is C21H19N3O4. The molecule has 0 bridgehead atoms. The maximum absolute atomic E-state index is 12.9.